The number of carbonyl (C=O) groups excluding carboxylic acids is 1. The zero-order chi connectivity index (χ0) is 22.3. The van der Waals surface area contributed by atoms with Gasteiger partial charge in [-0.05, 0) is 57.7 Å². The van der Waals surface area contributed by atoms with Crippen molar-refractivity contribution in [1.29, 1.82) is 0 Å². The predicted molar refractivity (Wildman–Crippen MR) is 101 cm³/mol. The van der Waals surface area contributed by atoms with E-state index < -0.39 is 35.6 Å². The number of benzene rings is 1. The lowest BCUT2D eigenvalue weighted by Crippen LogP contribution is -2.59. The number of aliphatic hydroxyl groups is 1. The first-order chi connectivity index (χ1) is 13.8. The Labute approximate surface area is 172 Å². The molecule has 2 atom stereocenters. The van der Waals surface area contributed by atoms with E-state index in [4.69, 9.17) is 4.74 Å². The molecule has 0 aromatic heterocycles. The summed E-state index contributed by atoms with van der Waals surface area (Å²) < 4.78 is 61.1. The number of fused-ring (bicyclic) bond motifs is 2. The van der Waals surface area contributed by atoms with Crippen molar-refractivity contribution in [2.75, 3.05) is 0 Å². The highest BCUT2D eigenvalue weighted by molar-refractivity contribution is 5.69. The highest BCUT2D eigenvalue weighted by atomic mass is 19.3. The molecule has 2 aliphatic heterocycles. The number of ether oxygens (including phenoxy) is 2. The lowest BCUT2D eigenvalue weighted by molar-refractivity contribution is -0.253. The number of halogens is 4. The molecule has 1 N–H and O–H groups in total. The number of piperidine rings is 2. The van der Waals surface area contributed by atoms with Gasteiger partial charge in [-0.2, -0.15) is 17.6 Å². The Morgan fingerprint density at radius 2 is 1.80 bits per heavy atom. The SMILES string of the molecule is CC(C)(C)OC(=O)N1C2CCCC1CC(O)(c1cccc(OC(F)(F)C(F)F)c1)C2. The number of alkyl halides is 4. The van der Waals surface area contributed by atoms with E-state index in [0.29, 0.717) is 18.4 Å². The van der Waals surface area contributed by atoms with E-state index in [1.165, 1.54) is 6.07 Å². The second-order valence-electron chi connectivity index (χ2n) is 9.06. The largest absolute Gasteiger partial charge is 0.461 e. The van der Waals surface area contributed by atoms with Crippen LogP contribution in [0.25, 0.3) is 0 Å². The number of nitrogens with zero attached hydrogens (tertiary/aromatic N) is 1. The van der Waals surface area contributed by atoms with Gasteiger partial charge in [0.05, 0.1) is 5.60 Å². The van der Waals surface area contributed by atoms with E-state index in [1.807, 2.05) is 0 Å². The summed E-state index contributed by atoms with van der Waals surface area (Å²) in [4.78, 5) is 14.4. The first kappa shape index (κ1) is 22.7. The Bertz CT molecular complexity index is 767. The monoisotopic (exact) mass is 433 g/mol. The topological polar surface area (TPSA) is 59.0 Å². The first-order valence-electron chi connectivity index (χ1n) is 10.00. The Morgan fingerprint density at radius 1 is 1.20 bits per heavy atom. The van der Waals surface area contributed by atoms with Crippen LogP contribution in [0.4, 0.5) is 22.4 Å². The third kappa shape index (κ3) is 4.82. The van der Waals surface area contributed by atoms with E-state index in [0.717, 1.165) is 18.6 Å². The van der Waals surface area contributed by atoms with Crippen molar-refractivity contribution >= 4 is 6.09 Å². The Balaban J connectivity index is 1.82. The van der Waals surface area contributed by atoms with Crippen LogP contribution >= 0.6 is 0 Å². The van der Waals surface area contributed by atoms with E-state index >= 15 is 0 Å². The molecule has 5 nitrogen and oxygen atoms in total. The number of amides is 1. The molecule has 3 rings (SSSR count). The molecule has 2 unspecified atom stereocenters. The van der Waals surface area contributed by atoms with Gasteiger partial charge in [-0.15, -0.1) is 0 Å². The summed E-state index contributed by atoms with van der Waals surface area (Å²) in [6.07, 6.45) is -6.40. The summed E-state index contributed by atoms with van der Waals surface area (Å²) in [5.74, 6) is -0.453. The van der Waals surface area contributed by atoms with Gasteiger partial charge in [-0.1, -0.05) is 12.1 Å². The predicted octanol–water partition coefficient (Wildman–Crippen LogP) is 5.06. The van der Waals surface area contributed by atoms with Gasteiger partial charge >= 0.3 is 18.6 Å². The Kier molecular flexibility index (Phi) is 5.97. The van der Waals surface area contributed by atoms with Crippen molar-refractivity contribution in [2.45, 2.75) is 88.7 Å². The molecule has 168 valence electrons. The molecule has 0 aliphatic carbocycles. The van der Waals surface area contributed by atoms with Crippen LogP contribution in [0.2, 0.25) is 0 Å². The quantitative estimate of drug-likeness (QED) is 0.674. The van der Waals surface area contributed by atoms with Crippen LogP contribution in [0.5, 0.6) is 5.75 Å². The maximum Gasteiger partial charge on any atom is 0.461 e. The molecule has 30 heavy (non-hydrogen) atoms. The van der Waals surface area contributed by atoms with Gasteiger partial charge in [0.15, 0.2) is 0 Å². The fourth-order valence-corrected chi connectivity index (χ4v) is 4.33. The number of hydrogen-bond acceptors (Lipinski definition) is 4. The average molecular weight is 433 g/mol. The zero-order valence-electron chi connectivity index (χ0n) is 17.2. The minimum atomic E-state index is -4.63. The second-order valence-corrected chi connectivity index (χ2v) is 9.06. The van der Waals surface area contributed by atoms with Crippen molar-refractivity contribution in [3.63, 3.8) is 0 Å². The molecule has 2 fully saturated rings. The Morgan fingerprint density at radius 3 is 2.33 bits per heavy atom. The molecule has 9 heteroatoms. The minimum absolute atomic E-state index is 0.192. The van der Waals surface area contributed by atoms with E-state index in [1.54, 1.807) is 31.7 Å². The van der Waals surface area contributed by atoms with Crippen LogP contribution in [-0.4, -0.2) is 46.3 Å². The van der Waals surface area contributed by atoms with Crippen molar-refractivity contribution < 1.29 is 36.9 Å². The molecule has 0 spiro atoms. The normalized spacial score (nSPS) is 27.2. The summed E-state index contributed by atoms with van der Waals surface area (Å²) in [5.41, 5.74) is -1.75. The van der Waals surface area contributed by atoms with Crippen LogP contribution in [0.15, 0.2) is 24.3 Å². The summed E-state index contributed by atoms with van der Waals surface area (Å²) >= 11 is 0. The second kappa shape index (κ2) is 7.90. The van der Waals surface area contributed by atoms with Crippen LogP contribution in [0.1, 0.15) is 58.4 Å². The molecule has 2 aliphatic rings. The van der Waals surface area contributed by atoms with Crippen molar-refractivity contribution in [1.82, 2.24) is 4.90 Å². The smallest absolute Gasteiger partial charge is 0.444 e. The molecular formula is C21H27F4NO4. The van der Waals surface area contributed by atoms with Gasteiger partial charge in [-0.25, -0.2) is 4.79 Å². The molecule has 2 saturated heterocycles. The molecule has 2 bridgehead atoms. The van der Waals surface area contributed by atoms with Gasteiger partial charge in [-0.3, -0.25) is 0 Å². The number of carbonyl (C=O) groups is 1. The van der Waals surface area contributed by atoms with Gasteiger partial charge in [0.1, 0.15) is 11.4 Å². The van der Waals surface area contributed by atoms with Crippen molar-refractivity contribution in [3.8, 4) is 5.75 Å². The third-order valence-electron chi connectivity index (χ3n) is 5.49. The molecule has 2 heterocycles. The molecule has 1 aromatic carbocycles. The van der Waals surface area contributed by atoms with Gasteiger partial charge in [0.25, 0.3) is 0 Å². The van der Waals surface area contributed by atoms with Gasteiger partial charge in [0.2, 0.25) is 0 Å². The minimum Gasteiger partial charge on any atom is -0.444 e. The Hall–Kier alpha value is -2.03. The summed E-state index contributed by atoms with van der Waals surface area (Å²) in [5, 5.41) is 11.3. The molecule has 0 radical (unpaired) electrons. The fraction of sp³-hybridized carbons (Fsp3) is 0.667. The fourth-order valence-electron chi connectivity index (χ4n) is 4.33. The maximum atomic E-state index is 13.3. The molecule has 1 aromatic rings. The van der Waals surface area contributed by atoms with Gasteiger partial charge in [0, 0.05) is 24.9 Å². The number of hydrogen-bond donors (Lipinski definition) is 1. The summed E-state index contributed by atoms with van der Waals surface area (Å²) in [6.45, 7) is 5.34. The van der Waals surface area contributed by atoms with Crippen LogP contribution in [-0.2, 0) is 10.3 Å². The van der Waals surface area contributed by atoms with Crippen molar-refractivity contribution in [3.05, 3.63) is 29.8 Å². The number of rotatable bonds is 4. The van der Waals surface area contributed by atoms with Crippen LogP contribution in [0, 0.1) is 0 Å². The average Bonchev–Trinajstić information content (AvgIpc) is 2.59. The maximum absolute atomic E-state index is 13.3. The summed E-state index contributed by atoms with van der Waals surface area (Å²) in [6, 6.07) is 4.68. The van der Waals surface area contributed by atoms with E-state index in [-0.39, 0.29) is 24.9 Å². The third-order valence-corrected chi connectivity index (χ3v) is 5.49. The molecule has 0 saturated carbocycles. The van der Waals surface area contributed by atoms with Crippen LogP contribution < -0.4 is 4.74 Å². The lowest BCUT2D eigenvalue weighted by atomic mass is 9.72. The lowest BCUT2D eigenvalue weighted by Gasteiger charge is -2.51. The van der Waals surface area contributed by atoms with Gasteiger partial charge < -0.3 is 19.5 Å². The van der Waals surface area contributed by atoms with E-state index in [9.17, 15) is 27.5 Å². The van der Waals surface area contributed by atoms with E-state index in [2.05, 4.69) is 4.74 Å². The highest BCUT2D eigenvalue weighted by Crippen LogP contribution is 2.45. The highest BCUT2D eigenvalue weighted by Gasteiger charge is 2.49. The summed E-state index contributed by atoms with van der Waals surface area (Å²) in [7, 11) is 0. The standard InChI is InChI=1S/C21H27F4NO4/c1-19(2,3)30-18(27)26-14-7-5-8-15(26)12-20(28,11-14)13-6-4-9-16(10-13)29-21(24,25)17(22)23/h4,6,9-10,14-15,17,28H,5,7-8,11-12H2,1-3H3. The first-order valence-corrected chi connectivity index (χ1v) is 10.00. The van der Waals surface area contributed by atoms with Crippen LogP contribution in [0.3, 0.4) is 0 Å². The van der Waals surface area contributed by atoms with Crippen molar-refractivity contribution in [2.24, 2.45) is 0 Å². The molecular weight excluding hydrogens is 406 g/mol. The molecule has 1 amide bonds. The zero-order valence-corrected chi connectivity index (χ0v) is 17.2.